The van der Waals surface area contributed by atoms with E-state index in [1.165, 1.54) is 35.2 Å². The molecule has 5 aromatic rings. The Morgan fingerprint density at radius 1 is 1.15 bits per heavy atom. The van der Waals surface area contributed by atoms with E-state index in [-0.39, 0.29) is 16.6 Å². The van der Waals surface area contributed by atoms with E-state index >= 15 is 0 Å². The molecule has 0 aliphatic rings. The number of anilines is 1. The number of nitrogens with two attached hydrogens (primary N) is 1. The van der Waals surface area contributed by atoms with Crippen molar-refractivity contribution in [3.63, 3.8) is 0 Å². The number of rotatable bonds is 5. The first-order chi connectivity index (χ1) is 15.7. The highest BCUT2D eigenvalue weighted by Gasteiger charge is 2.16. The lowest BCUT2D eigenvalue weighted by molar-refractivity contribution is -0.113. The maximum Gasteiger partial charge on any atom is 0.238 e. The lowest BCUT2D eigenvalue weighted by atomic mass is 10.1. The SMILES string of the molecule is Cc1cc2nnc(SCC(=O)Nc3nc4ccc(S(N)(=O)=O)cc4s3)n2c2c(C)cccc12. The number of pyridine rings is 1. The van der Waals surface area contributed by atoms with Crippen molar-refractivity contribution in [2.24, 2.45) is 5.14 Å². The second kappa shape index (κ2) is 8.06. The minimum Gasteiger partial charge on any atom is -0.301 e. The summed E-state index contributed by atoms with van der Waals surface area (Å²) in [5.74, 6) is -0.143. The Labute approximate surface area is 197 Å². The summed E-state index contributed by atoms with van der Waals surface area (Å²) >= 11 is 2.47. The summed E-state index contributed by atoms with van der Waals surface area (Å²) in [5, 5.41) is 18.6. The number of benzene rings is 2. The second-order valence-corrected chi connectivity index (χ2v) is 11.0. The molecule has 0 spiro atoms. The van der Waals surface area contributed by atoms with E-state index in [4.69, 9.17) is 5.14 Å². The molecular formula is C21H18N6O3S3. The summed E-state index contributed by atoms with van der Waals surface area (Å²) in [5.41, 5.74) is 4.55. The summed E-state index contributed by atoms with van der Waals surface area (Å²) in [4.78, 5) is 16.9. The van der Waals surface area contributed by atoms with Crippen LogP contribution in [0.1, 0.15) is 11.1 Å². The van der Waals surface area contributed by atoms with Gasteiger partial charge in [-0.25, -0.2) is 18.5 Å². The van der Waals surface area contributed by atoms with Gasteiger partial charge in [-0.15, -0.1) is 10.2 Å². The standard InChI is InChI=1S/C21H18N6O3S3/c1-11-4-3-5-14-12(2)8-17-25-26-21(27(17)19(11)14)31-10-18(28)24-20-23-15-7-6-13(33(22,29)30)9-16(15)32-20/h3-9H,10H2,1-2H3,(H2,22,29,30)(H,23,24,28). The number of sulfonamides is 1. The lowest BCUT2D eigenvalue weighted by Gasteiger charge is -2.09. The normalized spacial score (nSPS) is 12.1. The van der Waals surface area contributed by atoms with E-state index in [0.29, 0.717) is 20.5 Å². The largest absolute Gasteiger partial charge is 0.301 e. The van der Waals surface area contributed by atoms with Gasteiger partial charge in [-0.2, -0.15) is 0 Å². The molecule has 3 heterocycles. The van der Waals surface area contributed by atoms with Crippen molar-refractivity contribution in [3.05, 3.63) is 53.6 Å². The Balaban J connectivity index is 1.38. The zero-order valence-electron chi connectivity index (χ0n) is 17.6. The molecule has 3 aromatic heterocycles. The molecule has 3 N–H and O–H groups in total. The summed E-state index contributed by atoms with van der Waals surface area (Å²) in [6.45, 7) is 4.08. The third-order valence-electron chi connectivity index (χ3n) is 5.16. The number of nitrogens with zero attached hydrogens (tertiary/aromatic N) is 4. The first kappa shape index (κ1) is 21.8. The fourth-order valence-corrected chi connectivity index (χ4v) is 5.93. The van der Waals surface area contributed by atoms with E-state index < -0.39 is 10.0 Å². The first-order valence-corrected chi connectivity index (χ1v) is 13.2. The molecule has 12 heteroatoms. The number of aryl methyl sites for hydroxylation is 2. The van der Waals surface area contributed by atoms with Crippen LogP contribution in [-0.4, -0.2) is 39.7 Å². The average Bonchev–Trinajstić information content (AvgIpc) is 3.34. The van der Waals surface area contributed by atoms with Crippen molar-refractivity contribution in [3.8, 4) is 0 Å². The minimum absolute atomic E-state index is 0.00326. The van der Waals surface area contributed by atoms with Crippen molar-refractivity contribution in [2.45, 2.75) is 23.9 Å². The fraction of sp³-hybridized carbons (Fsp3) is 0.143. The van der Waals surface area contributed by atoms with Crippen LogP contribution in [0.25, 0.3) is 26.8 Å². The van der Waals surface area contributed by atoms with Crippen molar-refractivity contribution in [1.29, 1.82) is 0 Å². The molecule has 168 valence electrons. The van der Waals surface area contributed by atoms with Crippen LogP contribution in [0.5, 0.6) is 0 Å². The molecule has 0 bridgehead atoms. The molecule has 0 aliphatic carbocycles. The zero-order chi connectivity index (χ0) is 23.3. The summed E-state index contributed by atoms with van der Waals surface area (Å²) in [6.07, 6.45) is 0. The Hall–Kier alpha value is -3.06. The lowest BCUT2D eigenvalue weighted by Crippen LogP contribution is -2.14. The quantitative estimate of drug-likeness (QED) is 0.355. The Morgan fingerprint density at radius 2 is 1.97 bits per heavy atom. The summed E-state index contributed by atoms with van der Waals surface area (Å²) in [7, 11) is -3.81. The van der Waals surface area contributed by atoms with Crippen LogP contribution in [0.15, 0.2) is 52.5 Å². The number of nitrogens with one attached hydrogen (secondary N) is 1. The summed E-state index contributed by atoms with van der Waals surface area (Å²) in [6, 6.07) is 12.5. The van der Waals surface area contributed by atoms with Crippen molar-refractivity contribution in [2.75, 3.05) is 11.1 Å². The molecule has 0 radical (unpaired) electrons. The molecule has 2 aromatic carbocycles. The number of para-hydroxylation sites is 1. The molecule has 0 saturated carbocycles. The number of hydrogen-bond donors (Lipinski definition) is 2. The highest BCUT2D eigenvalue weighted by molar-refractivity contribution is 7.99. The zero-order valence-corrected chi connectivity index (χ0v) is 20.0. The van der Waals surface area contributed by atoms with E-state index in [1.54, 1.807) is 6.07 Å². The van der Waals surface area contributed by atoms with Gasteiger partial charge in [-0.3, -0.25) is 9.20 Å². The number of hydrogen-bond acceptors (Lipinski definition) is 8. The topological polar surface area (TPSA) is 132 Å². The number of amides is 1. The van der Waals surface area contributed by atoms with Crippen LogP contribution >= 0.6 is 23.1 Å². The van der Waals surface area contributed by atoms with Crippen LogP contribution in [0.2, 0.25) is 0 Å². The predicted molar refractivity (Wildman–Crippen MR) is 130 cm³/mol. The predicted octanol–water partition coefficient (Wildman–Crippen LogP) is 3.49. The van der Waals surface area contributed by atoms with Gasteiger partial charge >= 0.3 is 0 Å². The van der Waals surface area contributed by atoms with Crippen LogP contribution < -0.4 is 10.5 Å². The number of fused-ring (bicyclic) bond motifs is 4. The van der Waals surface area contributed by atoms with Gasteiger partial charge in [0.05, 0.1) is 26.4 Å². The van der Waals surface area contributed by atoms with Crippen LogP contribution in [-0.2, 0) is 14.8 Å². The van der Waals surface area contributed by atoms with Gasteiger partial charge in [-0.1, -0.05) is 41.3 Å². The molecule has 1 amide bonds. The monoisotopic (exact) mass is 498 g/mol. The van der Waals surface area contributed by atoms with E-state index in [1.807, 2.05) is 36.4 Å². The minimum atomic E-state index is -3.81. The highest BCUT2D eigenvalue weighted by atomic mass is 32.2. The second-order valence-electron chi connectivity index (χ2n) is 7.51. The number of carbonyl (C=O) groups excluding carboxylic acids is 1. The Morgan fingerprint density at radius 3 is 2.76 bits per heavy atom. The molecule has 0 atom stereocenters. The van der Waals surface area contributed by atoms with Crippen LogP contribution in [0, 0.1) is 13.8 Å². The van der Waals surface area contributed by atoms with Crippen LogP contribution in [0.3, 0.4) is 0 Å². The van der Waals surface area contributed by atoms with Gasteiger partial charge in [0.2, 0.25) is 15.9 Å². The molecular weight excluding hydrogens is 480 g/mol. The molecule has 0 aliphatic heterocycles. The fourth-order valence-electron chi connectivity index (χ4n) is 3.64. The molecule has 33 heavy (non-hydrogen) atoms. The van der Waals surface area contributed by atoms with Gasteiger partial charge in [0.1, 0.15) is 0 Å². The van der Waals surface area contributed by atoms with Crippen molar-refractivity contribution < 1.29 is 13.2 Å². The third kappa shape index (κ3) is 4.06. The van der Waals surface area contributed by atoms with E-state index in [2.05, 4.69) is 26.6 Å². The molecule has 0 saturated heterocycles. The van der Waals surface area contributed by atoms with E-state index in [0.717, 1.165) is 27.7 Å². The van der Waals surface area contributed by atoms with E-state index in [9.17, 15) is 13.2 Å². The number of thioether (sulfide) groups is 1. The van der Waals surface area contributed by atoms with Gasteiger partial charge in [0.25, 0.3) is 0 Å². The van der Waals surface area contributed by atoms with Gasteiger partial charge < -0.3 is 5.32 Å². The Kier molecular flexibility index (Phi) is 5.32. The first-order valence-electron chi connectivity index (χ1n) is 9.81. The van der Waals surface area contributed by atoms with Gasteiger partial charge in [0, 0.05) is 5.39 Å². The molecule has 5 rings (SSSR count). The van der Waals surface area contributed by atoms with Crippen LogP contribution in [0.4, 0.5) is 5.13 Å². The maximum atomic E-state index is 12.6. The maximum absolute atomic E-state index is 12.6. The molecule has 0 unspecified atom stereocenters. The molecule has 9 nitrogen and oxygen atoms in total. The number of carbonyl (C=O) groups is 1. The number of aromatic nitrogens is 4. The average molecular weight is 499 g/mol. The number of thiazole rings is 1. The smallest absolute Gasteiger partial charge is 0.238 e. The van der Waals surface area contributed by atoms with Crippen molar-refractivity contribution >= 4 is 70.9 Å². The van der Waals surface area contributed by atoms with Crippen molar-refractivity contribution in [1.82, 2.24) is 19.6 Å². The third-order valence-corrected chi connectivity index (χ3v) is 7.93. The Bertz CT molecular complexity index is 1670. The summed E-state index contributed by atoms with van der Waals surface area (Å²) < 4.78 is 25.7. The highest BCUT2D eigenvalue weighted by Crippen LogP contribution is 2.30. The number of primary sulfonamides is 1. The van der Waals surface area contributed by atoms with Gasteiger partial charge in [0.15, 0.2) is 15.9 Å². The molecule has 0 fully saturated rings. The van der Waals surface area contributed by atoms with Gasteiger partial charge in [-0.05, 0) is 49.2 Å².